The van der Waals surface area contributed by atoms with Crippen LogP contribution in [0.15, 0.2) is 17.5 Å². The fraction of sp³-hybridized carbons (Fsp3) is 0.583. The molecule has 1 atom stereocenters. The van der Waals surface area contributed by atoms with Crippen LogP contribution in [0.25, 0.3) is 0 Å². The maximum Gasteiger partial charge on any atom is 0.133 e. The van der Waals surface area contributed by atoms with Gasteiger partial charge in [-0.15, -0.1) is 11.3 Å². The number of hydrogen-bond donors (Lipinski definition) is 1. The highest BCUT2D eigenvalue weighted by molar-refractivity contribution is 7.09. The number of carbonyl (C=O) groups is 1. The summed E-state index contributed by atoms with van der Waals surface area (Å²) >= 11 is 1.72. The molecule has 0 saturated heterocycles. The number of carbonyl (C=O) groups excluding carboxylic acids is 1. The van der Waals surface area contributed by atoms with Gasteiger partial charge in [-0.05, 0) is 37.6 Å². The smallest absolute Gasteiger partial charge is 0.133 e. The van der Waals surface area contributed by atoms with E-state index in [0.29, 0.717) is 18.6 Å². The van der Waals surface area contributed by atoms with Crippen LogP contribution >= 0.6 is 11.3 Å². The van der Waals surface area contributed by atoms with Crippen molar-refractivity contribution in [3.05, 3.63) is 22.4 Å². The molecule has 0 amide bonds. The second-order valence-electron chi connectivity index (χ2n) is 3.99. The Kier molecular flexibility index (Phi) is 5.58. The van der Waals surface area contributed by atoms with Gasteiger partial charge in [-0.25, -0.2) is 0 Å². The van der Waals surface area contributed by atoms with Crippen molar-refractivity contribution in [1.29, 1.82) is 0 Å². The Balaban J connectivity index is 2.09. The number of nitrogens with two attached hydrogens (primary N) is 1. The van der Waals surface area contributed by atoms with Gasteiger partial charge in [-0.1, -0.05) is 6.07 Å². The summed E-state index contributed by atoms with van der Waals surface area (Å²) in [6.45, 7) is 1.98. The van der Waals surface area contributed by atoms with Crippen molar-refractivity contribution in [3.8, 4) is 0 Å². The van der Waals surface area contributed by atoms with Crippen molar-refractivity contribution >= 4 is 17.1 Å². The predicted molar refractivity (Wildman–Crippen MR) is 65.1 cm³/mol. The van der Waals surface area contributed by atoms with Crippen molar-refractivity contribution in [2.75, 3.05) is 0 Å². The fourth-order valence-electron chi connectivity index (χ4n) is 1.46. The van der Waals surface area contributed by atoms with Crippen LogP contribution in [0.1, 0.15) is 37.5 Å². The summed E-state index contributed by atoms with van der Waals surface area (Å²) < 4.78 is 0. The van der Waals surface area contributed by atoms with Crippen LogP contribution in [0.3, 0.4) is 0 Å². The van der Waals surface area contributed by atoms with Gasteiger partial charge in [-0.3, -0.25) is 4.79 Å². The molecular formula is C12H19NOS. The lowest BCUT2D eigenvalue weighted by Gasteiger charge is -2.03. The number of thiophene rings is 1. The van der Waals surface area contributed by atoms with E-state index in [4.69, 9.17) is 5.73 Å². The molecule has 0 saturated carbocycles. The Bertz CT molecular complexity index is 280. The van der Waals surface area contributed by atoms with Crippen LogP contribution < -0.4 is 5.73 Å². The molecule has 0 bridgehead atoms. The molecule has 0 aliphatic carbocycles. The highest BCUT2D eigenvalue weighted by Gasteiger charge is 2.04. The van der Waals surface area contributed by atoms with E-state index < -0.39 is 0 Å². The second-order valence-corrected chi connectivity index (χ2v) is 5.02. The molecule has 84 valence electrons. The van der Waals surface area contributed by atoms with Crippen LogP contribution in [-0.2, 0) is 11.2 Å². The van der Waals surface area contributed by atoms with Gasteiger partial charge in [0.1, 0.15) is 5.78 Å². The predicted octanol–water partition coefficient (Wildman–Crippen LogP) is 2.77. The number of rotatable bonds is 7. The molecule has 2 N–H and O–H groups in total. The molecule has 0 radical (unpaired) electrons. The van der Waals surface area contributed by atoms with Crippen molar-refractivity contribution < 1.29 is 4.79 Å². The average molecular weight is 225 g/mol. The van der Waals surface area contributed by atoms with Gasteiger partial charge in [0.05, 0.1) is 0 Å². The summed E-state index contributed by atoms with van der Waals surface area (Å²) in [5, 5.41) is 2.05. The summed E-state index contributed by atoms with van der Waals surface area (Å²) in [5.41, 5.74) is 5.62. The van der Waals surface area contributed by atoms with Gasteiger partial charge in [0, 0.05) is 23.8 Å². The third-order valence-corrected chi connectivity index (χ3v) is 3.28. The van der Waals surface area contributed by atoms with Crippen molar-refractivity contribution in [2.24, 2.45) is 5.73 Å². The van der Waals surface area contributed by atoms with E-state index in [-0.39, 0.29) is 6.04 Å². The first kappa shape index (κ1) is 12.4. The average Bonchev–Trinajstić information content (AvgIpc) is 2.66. The summed E-state index contributed by atoms with van der Waals surface area (Å²) in [7, 11) is 0. The Hall–Kier alpha value is -0.670. The molecular weight excluding hydrogens is 206 g/mol. The highest BCUT2D eigenvalue weighted by Crippen LogP contribution is 2.12. The van der Waals surface area contributed by atoms with E-state index in [2.05, 4.69) is 11.4 Å². The number of hydrogen-bond acceptors (Lipinski definition) is 3. The summed E-state index contributed by atoms with van der Waals surface area (Å²) in [4.78, 5) is 12.8. The fourth-order valence-corrected chi connectivity index (χ4v) is 2.17. The van der Waals surface area contributed by atoms with Crippen molar-refractivity contribution in [1.82, 2.24) is 0 Å². The quantitative estimate of drug-likeness (QED) is 0.775. The topological polar surface area (TPSA) is 43.1 Å². The molecule has 0 spiro atoms. The molecule has 0 aliphatic heterocycles. The van der Waals surface area contributed by atoms with Crippen molar-refractivity contribution in [3.63, 3.8) is 0 Å². The minimum Gasteiger partial charge on any atom is -0.328 e. The van der Waals surface area contributed by atoms with Gasteiger partial charge in [0.25, 0.3) is 0 Å². The van der Waals surface area contributed by atoms with Crippen LogP contribution in [0, 0.1) is 0 Å². The van der Waals surface area contributed by atoms with Gasteiger partial charge >= 0.3 is 0 Å². The van der Waals surface area contributed by atoms with Gasteiger partial charge in [0.15, 0.2) is 0 Å². The highest BCUT2D eigenvalue weighted by atomic mass is 32.1. The Morgan fingerprint density at radius 1 is 1.53 bits per heavy atom. The summed E-state index contributed by atoms with van der Waals surface area (Å²) in [6.07, 6.45) is 4.15. The Morgan fingerprint density at radius 3 is 2.93 bits per heavy atom. The first-order valence-electron chi connectivity index (χ1n) is 5.48. The summed E-state index contributed by atoms with van der Waals surface area (Å²) in [6, 6.07) is 4.33. The lowest BCUT2D eigenvalue weighted by atomic mass is 10.1. The minimum atomic E-state index is 0.218. The maximum absolute atomic E-state index is 11.5. The number of ketones is 1. The van der Waals surface area contributed by atoms with E-state index in [1.54, 1.807) is 11.3 Å². The van der Waals surface area contributed by atoms with Gasteiger partial charge < -0.3 is 5.73 Å². The van der Waals surface area contributed by atoms with E-state index in [0.717, 1.165) is 19.3 Å². The van der Waals surface area contributed by atoms with E-state index in [9.17, 15) is 4.79 Å². The SMILES string of the molecule is CC(N)CCCC(=O)CCc1cccs1. The standard InChI is InChI=1S/C12H19NOS/c1-10(13)4-2-5-11(14)7-8-12-6-3-9-15-12/h3,6,9-10H,2,4-5,7-8,13H2,1H3. The van der Waals surface area contributed by atoms with Crippen LogP contribution in [0.2, 0.25) is 0 Å². The monoisotopic (exact) mass is 225 g/mol. The first-order valence-corrected chi connectivity index (χ1v) is 6.36. The first-order chi connectivity index (χ1) is 7.18. The summed E-state index contributed by atoms with van der Waals surface area (Å²) in [5.74, 6) is 0.365. The van der Waals surface area contributed by atoms with Gasteiger partial charge in [-0.2, -0.15) is 0 Å². The Labute approximate surface area is 95.5 Å². The third-order valence-electron chi connectivity index (χ3n) is 2.35. The zero-order valence-electron chi connectivity index (χ0n) is 9.24. The molecule has 0 fully saturated rings. The van der Waals surface area contributed by atoms with Crippen LogP contribution in [0.4, 0.5) is 0 Å². The van der Waals surface area contributed by atoms with E-state index >= 15 is 0 Å². The van der Waals surface area contributed by atoms with E-state index in [1.807, 2.05) is 13.0 Å². The maximum atomic E-state index is 11.5. The molecule has 0 aliphatic rings. The van der Waals surface area contributed by atoms with Crippen molar-refractivity contribution in [2.45, 2.75) is 45.1 Å². The van der Waals surface area contributed by atoms with Crippen LogP contribution in [0.5, 0.6) is 0 Å². The molecule has 0 aromatic carbocycles. The van der Waals surface area contributed by atoms with Crippen LogP contribution in [-0.4, -0.2) is 11.8 Å². The lowest BCUT2D eigenvalue weighted by molar-refractivity contribution is -0.119. The molecule has 1 aromatic rings. The molecule has 15 heavy (non-hydrogen) atoms. The van der Waals surface area contributed by atoms with Gasteiger partial charge in [0.2, 0.25) is 0 Å². The number of aryl methyl sites for hydroxylation is 1. The molecule has 2 nitrogen and oxygen atoms in total. The van der Waals surface area contributed by atoms with E-state index in [1.165, 1.54) is 4.88 Å². The second kappa shape index (κ2) is 6.75. The molecule has 1 heterocycles. The zero-order valence-corrected chi connectivity index (χ0v) is 10.1. The third kappa shape index (κ3) is 5.70. The Morgan fingerprint density at radius 2 is 2.33 bits per heavy atom. The molecule has 3 heteroatoms. The minimum absolute atomic E-state index is 0.218. The largest absolute Gasteiger partial charge is 0.328 e. The zero-order chi connectivity index (χ0) is 11.1. The molecule has 1 rings (SSSR count). The molecule has 1 unspecified atom stereocenters. The number of Topliss-reactive ketones (excluding diaryl/α,β-unsaturated/α-hetero) is 1. The molecule has 1 aromatic heterocycles. The normalized spacial score (nSPS) is 12.7. The lowest BCUT2D eigenvalue weighted by Crippen LogP contribution is -2.14.